The summed E-state index contributed by atoms with van der Waals surface area (Å²) in [5, 5.41) is 0. The predicted molar refractivity (Wildman–Crippen MR) is 92.7 cm³/mol. The standard InChI is InChI=1S/C17H19F3N6O2/c1-9-5-11(17(18,19)20)6-12(24-9)26-8-10(13(21)27)7-16(26,14(22)28)15-23-3-4-25(15)2/h3-6,10H,7-8H2,1-2H3,(H2,21,27)(H2,22,28). The Labute approximate surface area is 158 Å². The van der Waals surface area contributed by atoms with Gasteiger partial charge in [-0.2, -0.15) is 13.2 Å². The Morgan fingerprint density at radius 1 is 1.29 bits per heavy atom. The molecule has 2 aromatic heterocycles. The van der Waals surface area contributed by atoms with Crippen molar-refractivity contribution in [1.29, 1.82) is 0 Å². The van der Waals surface area contributed by atoms with Gasteiger partial charge in [-0.15, -0.1) is 0 Å². The second-order valence-corrected chi connectivity index (χ2v) is 6.85. The molecule has 11 heteroatoms. The number of anilines is 1. The van der Waals surface area contributed by atoms with Gasteiger partial charge in [0, 0.05) is 38.1 Å². The van der Waals surface area contributed by atoms with Crippen molar-refractivity contribution in [3.63, 3.8) is 0 Å². The van der Waals surface area contributed by atoms with Crippen LogP contribution in [0.5, 0.6) is 0 Å². The molecule has 3 rings (SSSR count). The smallest absolute Gasteiger partial charge is 0.369 e. The Hall–Kier alpha value is -3.11. The van der Waals surface area contributed by atoms with Crippen LogP contribution in [0.4, 0.5) is 19.0 Å². The van der Waals surface area contributed by atoms with Crippen LogP contribution in [0.3, 0.4) is 0 Å². The molecule has 0 spiro atoms. The number of aromatic nitrogens is 3. The molecule has 8 nitrogen and oxygen atoms in total. The van der Waals surface area contributed by atoms with Crippen molar-refractivity contribution in [2.45, 2.75) is 25.1 Å². The number of primary amides is 2. The zero-order valence-corrected chi connectivity index (χ0v) is 15.2. The van der Waals surface area contributed by atoms with E-state index in [4.69, 9.17) is 11.5 Å². The van der Waals surface area contributed by atoms with E-state index in [-0.39, 0.29) is 30.3 Å². The molecule has 2 amide bonds. The lowest BCUT2D eigenvalue weighted by Gasteiger charge is -2.36. The Morgan fingerprint density at radius 2 is 1.96 bits per heavy atom. The molecule has 0 bridgehead atoms. The fourth-order valence-corrected chi connectivity index (χ4v) is 3.66. The molecule has 1 aliphatic rings. The summed E-state index contributed by atoms with van der Waals surface area (Å²) in [6, 6.07) is 1.73. The fraction of sp³-hybridized carbons (Fsp3) is 0.412. The third kappa shape index (κ3) is 3.06. The van der Waals surface area contributed by atoms with Crippen molar-refractivity contribution in [2.75, 3.05) is 11.4 Å². The summed E-state index contributed by atoms with van der Waals surface area (Å²) in [4.78, 5) is 34.1. The Morgan fingerprint density at radius 3 is 2.46 bits per heavy atom. The van der Waals surface area contributed by atoms with Crippen LogP contribution < -0.4 is 16.4 Å². The highest BCUT2D eigenvalue weighted by molar-refractivity contribution is 5.92. The van der Waals surface area contributed by atoms with Gasteiger partial charge in [0.05, 0.1) is 11.5 Å². The summed E-state index contributed by atoms with van der Waals surface area (Å²) in [6.45, 7) is 1.30. The van der Waals surface area contributed by atoms with E-state index in [9.17, 15) is 22.8 Å². The van der Waals surface area contributed by atoms with Crippen molar-refractivity contribution in [2.24, 2.45) is 24.4 Å². The molecule has 3 heterocycles. The van der Waals surface area contributed by atoms with Crippen LogP contribution in [0.2, 0.25) is 0 Å². The van der Waals surface area contributed by atoms with Crippen LogP contribution in [-0.4, -0.2) is 32.9 Å². The van der Waals surface area contributed by atoms with Gasteiger partial charge in [-0.3, -0.25) is 9.59 Å². The zero-order valence-electron chi connectivity index (χ0n) is 15.2. The average molecular weight is 396 g/mol. The van der Waals surface area contributed by atoms with Crippen molar-refractivity contribution in [3.8, 4) is 0 Å². The lowest BCUT2D eigenvalue weighted by atomic mass is 9.89. The van der Waals surface area contributed by atoms with E-state index in [1.165, 1.54) is 22.6 Å². The maximum absolute atomic E-state index is 13.3. The van der Waals surface area contributed by atoms with Gasteiger partial charge in [0.15, 0.2) is 5.54 Å². The summed E-state index contributed by atoms with van der Waals surface area (Å²) in [5.74, 6) is -2.30. The van der Waals surface area contributed by atoms with Gasteiger partial charge in [0.25, 0.3) is 5.91 Å². The highest BCUT2D eigenvalue weighted by atomic mass is 19.4. The van der Waals surface area contributed by atoms with Gasteiger partial charge >= 0.3 is 6.18 Å². The number of hydrogen-bond acceptors (Lipinski definition) is 5. The van der Waals surface area contributed by atoms with Gasteiger partial charge < -0.3 is 20.9 Å². The normalized spacial score (nSPS) is 22.5. The van der Waals surface area contributed by atoms with Gasteiger partial charge in [-0.1, -0.05) is 0 Å². The highest BCUT2D eigenvalue weighted by Crippen LogP contribution is 2.44. The molecular formula is C17H19F3N6O2. The molecule has 0 aliphatic carbocycles. The first-order valence-corrected chi connectivity index (χ1v) is 8.37. The molecule has 28 heavy (non-hydrogen) atoms. The van der Waals surface area contributed by atoms with Gasteiger partial charge in [-0.25, -0.2) is 9.97 Å². The number of halogens is 3. The first-order valence-electron chi connectivity index (χ1n) is 8.37. The minimum Gasteiger partial charge on any atom is -0.369 e. The minimum atomic E-state index is -4.61. The van der Waals surface area contributed by atoms with E-state index in [1.807, 2.05) is 0 Å². The van der Waals surface area contributed by atoms with Crippen molar-refractivity contribution >= 4 is 17.6 Å². The van der Waals surface area contributed by atoms with E-state index in [2.05, 4.69) is 9.97 Å². The summed E-state index contributed by atoms with van der Waals surface area (Å²) >= 11 is 0. The molecule has 1 aliphatic heterocycles. The SMILES string of the molecule is Cc1cc(C(F)(F)F)cc(N2CC(C(N)=O)CC2(C(N)=O)c2nccn2C)n1. The minimum absolute atomic E-state index is 0.102. The Balaban J connectivity index is 2.24. The number of amides is 2. The number of carbonyl (C=O) groups is 2. The van der Waals surface area contributed by atoms with E-state index >= 15 is 0 Å². The number of nitrogens with two attached hydrogens (primary N) is 2. The number of nitrogens with zero attached hydrogens (tertiary/aromatic N) is 4. The molecule has 150 valence electrons. The van der Waals surface area contributed by atoms with Crippen LogP contribution in [-0.2, 0) is 28.4 Å². The third-order valence-electron chi connectivity index (χ3n) is 4.95. The second-order valence-electron chi connectivity index (χ2n) is 6.85. The molecule has 0 saturated carbocycles. The summed E-state index contributed by atoms with van der Waals surface area (Å²) < 4.78 is 41.4. The second kappa shape index (κ2) is 6.50. The molecule has 2 aromatic rings. The lowest BCUT2D eigenvalue weighted by molar-refractivity contribution is -0.137. The molecule has 0 radical (unpaired) electrons. The third-order valence-corrected chi connectivity index (χ3v) is 4.95. The van der Waals surface area contributed by atoms with Crippen molar-refractivity contribution in [3.05, 3.63) is 41.6 Å². The number of imidazole rings is 1. The Kier molecular flexibility index (Phi) is 4.56. The van der Waals surface area contributed by atoms with Crippen LogP contribution in [0.25, 0.3) is 0 Å². The number of aryl methyl sites for hydroxylation is 2. The molecular weight excluding hydrogens is 377 g/mol. The zero-order chi connectivity index (χ0) is 20.9. The highest BCUT2D eigenvalue weighted by Gasteiger charge is 2.56. The number of pyridine rings is 1. The fourth-order valence-electron chi connectivity index (χ4n) is 3.66. The largest absolute Gasteiger partial charge is 0.416 e. The Bertz CT molecular complexity index is 941. The van der Waals surface area contributed by atoms with E-state index < -0.39 is 35.0 Å². The molecule has 1 saturated heterocycles. The van der Waals surface area contributed by atoms with Crippen LogP contribution in [0.15, 0.2) is 24.5 Å². The maximum atomic E-state index is 13.3. The van der Waals surface area contributed by atoms with E-state index in [0.29, 0.717) is 0 Å². The number of carbonyl (C=O) groups excluding carboxylic acids is 2. The summed E-state index contributed by atoms with van der Waals surface area (Å²) in [7, 11) is 1.62. The van der Waals surface area contributed by atoms with Crippen LogP contribution >= 0.6 is 0 Å². The van der Waals surface area contributed by atoms with Crippen LogP contribution in [0, 0.1) is 12.8 Å². The average Bonchev–Trinajstić information content (AvgIpc) is 3.17. The maximum Gasteiger partial charge on any atom is 0.416 e. The number of rotatable bonds is 4. The topological polar surface area (TPSA) is 120 Å². The molecule has 2 unspecified atom stereocenters. The lowest BCUT2D eigenvalue weighted by Crippen LogP contribution is -2.53. The predicted octanol–water partition coefficient (Wildman–Crippen LogP) is 0.835. The van der Waals surface area contributed by atoms with Gasteiger partial charge in [-0.05, 0) is 19.1 Å². The first-order chi connectivity index (χ1) is 13.0. The van der Waals surface area contributed by atoms with Crippen molar-refractivity contribution < 1.29 is 22.8 Å². The molecule has 2 atom stereocenters. The van der Waals surface area contributed by atoms with Gasteiger partial charge in [0.1, 0.15) is 11.6 Å². The quantitative estimate of drug-likeness (QED) is 0.793. The van der Waals surface area contributed by atoms with Gasteiger partial charge in [0.2, 0.25) is 5.91 Å². The number of hydrogen-bond donors (Lipinski definition) is 2. The summed E-state index contributed by atoms with van der Waals surface area (Å²) in [5.41, 5.74) is 8.66. The van der Waals surface area contributed by atoms with E-state index in [1.54, 1.807) is 13.2 Å². The monoisotopic (exact) mass is 396 g/mol. The first kappa shape index (κ1) is 19.6. The molecule has 0 aromatic carbocycles. The molecule has 4 N–H and O–H groups in total. The van der Waals surface area contributed by atoms with Crippen LogP contribution in [0.1, 0.15) is 23.5 Å². The summed E-state index contributed by atoms with van der Waals surface area (Å²) in [6.07, 6.45) is -1.72. The van der Waals surface area contributed by atoms with Crippen molar-refractivity contribution in [1.82, 2.24) is 14.5 Å². The molecule has 1 fully saturated rings. The number of alkyl halides is 3. The van der Waals surface area contributed by atoms with E-state index in [0.717, 1.165) is 12.1 Å².